The third-order valence-corrected chi connectivity index (χ3v) is 3.52. The molecule has 1 N–H and O–H groups in total. The maximum Gasteiger partial charge on any atom is 0.411 e. The van der Waals surface area contributed by atoms with Gasteiger partial charge in [0.05, 0.1) is 13.7 Å². The SMILES string of the molecule is COc1cccc(CN2C(=O)O[C@@H](C(C)C)[C@@H]2C(=O)O)c1. The number of methoxy groups -OCH3 is 1. The fourth-order valence-corrected chi connectivity index (χ4v) is 2.44. The minimum Gasteiger partial charge on any atom is -0.497 e. The van der Waals surface area contributed by atoms with Gasteiger partial charge >= 0.3 is 12.1 Å². The van der Waals surface area contributed by atoms with E-state index in [1.165, 1.54) is 4.90 Å². The number of carbonyl (C=O) groups excluding carboxylic acids is 1. The average molecular weight is 293 g/mol. The van der Waals surface area contributed by atoms with Crippen LogP contribution < -0.4 is 4.74 Å². The fourth-order valence-electron chi connectivity index (χ4n) is 2.44. The Balaban J connectivity index is 2.24. The van der Waals surface area contributed by atoms with Crippen LogP contribution in [0, 0.1) is 5.92 Å². The predicted octanol–water partition coefficient (Wildman–Crippen LogP) is 2.13. The molecule has 0 radical (unpaired) electrons. The zero-order valence-electron chi connectivity index (χ0n) is 12.3. The van der Waals surface area contributed by atoms with E-state index < -0.39 is 24.2 Å². The molecule has 1 saturated heterocycles. The molecule has 1 fully saturated rings. The zero-order chi connectivity index (χ0) is 15.6. The zero-order valence-corrected chi connectivity index (χ0v) is 12.3. The lowest BCUT2D eigenvalue weighted by molar-refractivity contribution is -0.143. The number of cyclic esters (lactones) is 1. The lowest BCUT2D eigenvalue weighted by atomic mass is 9.99. The summed E-state index contributed by atoms with van der Waals surface area (Å²) < 4.78 is 10.3. The van der Waals surface area contributed by atoms with Gasteiger partial charge in [-0.25, -0.2) is 9.59 Å². The summed E-state index contributed by atoms with van der Waals surface area (Å²) in [5, 5.41) is 9.40. The number of rotatable bonds is 5. The molecule has 0 aromatic heterocycles. The van der Waals surface area contributed by atoms with Gasteiger partial charge in [0, 0.05) is 0 Å². The van der Waals surface area contributed by atoms with Crippen molar-refractivity contribution in [3.63, 3.8) is 0 Å². The number of carbonyl (C=O) groups is 2. The first-order chi connectivity index (χ1) is 9.93. The normalized spacial score (nSPS) is 21.5. The van der Waals surface area contributed by atoms with E-state index in [1.807, 2.05) is 19.9 Å². The van der Waals surface area contributed by atoms with E-state index in [1.54, 1.807) is 25.3 Å². The minimum atomic E-state index is -1.05. The topological polar surface area (TPSA) is 76.1 Å². The van der Waals surface area contributed by atoms with Gasteiger partial charge in [-0.15, -0.1) is 0 Å². The number of ether oxygens (including phenoxy) is 2. The summed E-state index contributed by atoms with van der Waals surface area (Å²) in [4.78, 5) is 24.7. The van der Waals surface area contributed by atoms with Crippen molar-refractivity contribution < 1.29 is 24.2 Å². The number of nitrogens with zero attached hydrogens (tertiary/aromatic N) is 1. The maximum absolute atomic E-state index is 12.0. The molecular weight excluding hydrogens is 274 g/mol. The monoisotopic (exact) mass is 293 g/mol. The van der Waals surface area contributed by atoms with Gasteiger partial charge < -0.3 is 14.6 Å². The summed E-state index contributed by atoms with van der Waals surface area (Å²) >= 11 is 0. The lowest BCUT2D eigenvalue weighted by Crippen LogP contribution is -2.44. The molecule has 0 aliphatic carbocycles. The summed E-state index contributed by atoms with van der Waals surface area (Å²) in [7, 11) is 1.55. The molecule has 1 aliphatic rings. The van der Waals surface area contributed by atoms with Gasteiger partial charge in [-0.3, -0.25) is 4.90 Å². The molecule has 1 heterocycles. The highest BCUT2D eigenvalue weighted by Crippen LogP contribution is 2.27. The number of carboxylic acids is 1. The molecule has 2 atom stereocenters. The molecule has 0 spiro atoms. The Morgan fingerprint density at radius 3 is 2.76 bits per heavy atom. The summed E-state index contributed by atoms with van der Waals surface area (Å²) in [5.74, 6) is -0.458. The predicted molar refractivity (Wildman–Crippen MR) is 75.1 cm³/mol. The Kier molecular flexibility index (Phi) is 4.35. The minimum absolute atomic E-state index is 0.0645. The van der Waals surface area contributed by atoms with Gasteiger partial charge in [0.25, 0.3) is 0 Å². The van der Waals surface area contributed by atoms with Crippen molar-refractivity contribution in [1.29, 1.82) is 0 Å². The van der Waals surface area contributed by atoms with E-state index in [0.29, 0.717) is 5.75 Å². The van der Waals surface area contributed by atoms with Crippen LogP contribution in [0.4, 0.5) is 4.79 Å². The Morgan fingerprint density at radius 1 is 1.48 bits per heavy atom. The first-order valence-corrected chi connectivity index (χ1v) is 6.77. The van der Waals surface area contributed by atoms with Gasteiger partial charge in [0.2, 0.25) is 0 Å². The van der Waals surface area contributed by atoms with E-state index in [0.717, 1.165) is 5.56 Å². The molecule has 0 unspecified atom stereocenters. The van der Waals surface area contributed by atoms with E-state index >= 15 is 0 Å². The Morgan fingerprint density at radius 2 is 2.19 bits per heavy atom. The molecule has 21 heavy (non-hydrogen) atoms. The van der Waals surface area contributed by atoms with Crippen molar-refractivity contribution in [1.82, 2.24) is 4.90 Å². The van der Waals surface area contributed by atoms with Crippen LogP contribution in [0.1, 0.15) is 19.4 Å². The smallest absolute Gasteiger partial charge is 0.411 e. The van der Waals surface area contributed by atoms with Crippen LogP contribution in [-0.2, 0) is 16.1 Å². The van der Waals surface area contributed by atoms with E-state index in [2.05, 4.69) is 0 Å². The molecule has 1 aromatic rings. The maximum atomic E-state index is 12.0. The number of benzene rings is 1. The summed E-state index contributed by atoms with van der Waals surface area (Å²) in [6, 6.07) is 6.21. The van der Waals surface area contributed by atoms with Crippen LogP contribution in [0.15, 0.2) is 24.3 Å². The van der Waals surface area contributed by atoms with Crippen molar-refractivity contribution in [3.05, 3.63) is 29.8 Å². The van der Waals surface area contributed by atoms with Gasteiger partial charge in [-0.1, -0.05) is 26.0 Å². The quantitative estimate of drug-likeness (QED) is 0.900. The van der Waals surface area contributed by atoms with Gasteiger partial charge in [-0.05, 0) is 23.6 Å². The van der Waals surface area contributed by atoms with Gasteiger partial charge in [-0.2, -0.15) is 0 Å². The molecule has 1 amide bonds. The van der Waals surface area contributed by atoms with Gasteiger partial charge in [0.15, 0.2) is 6.04 Å². The third-order valence-electron chi connectivity index (χ3n) is 3.52. The second kappa shape index (κ2) is 6.03. The van der Waals surface area contributed by atoms with Crippen molar-refractivity contribution >= 4 is 12.1 Å². The third kappa shape index (κ3) is 3.09. The summed E-state index contributed by atoms with van der Waals surface area (Å²) in [6.45, 7) is 3.85. The van der Waals surface area contributed by atoms with Crippen LogP contribution in [0.5, 0.6) is 5.75 Å². The second-order valence-electron chi connectivity index (χ2n) is 5.35. The number of carboxylic acid groups (broad SMARTS) is 1. The molecule has 2 rings (SSSR count). The van der Waals surface area contributed by atoms with E-state index in [4.69, 9.17) is 9.47 Å². The number of hydrogen-bond acceptors (Lipinski definition) is 4. The average Bonchev–Trinajstić information content (AvgIpc) is 2.77. The highest BCUT2D eigenvalue weighted by Gasteiger charge is 2.47. The largest absolute Gasteiger partial charge is 0.497 e. The van der Waals surface area contributed by atoms with Crippen LogP contribution in [-0.4, -0.2) is 41.3 Å². The number of amides is 1. The molecular formula is C15H19NO5. The first-order valence-electron chi connectivity index (χ1n) is 6.77. The highest BCUT2D eigenvalue weighted by atomic mass is 16.6. The van der Waals surface area contributed by atoms with Gasteiger partial charge in [0.1, 0.15) is 11.9 Å². The van der Waals surface area contributed by atoms with Crippen molar-refractivity contribution in [2.75, 3.05) is 7.11 Å². The molecule has 0 bridgehead atoms. The second-order valence-corrected chi connectivity index (χ2v) is 5.35. The molecule has 1 aromatic carbocycles. The van der Waals surface area contributed by atoms with Crippen molar-refractivity contribution in [2.24, 2.45) is 5.92 Å². The van der Waals surface area contributed by atoms with Crippen LogP contribution in [0.25, 0.3) is 0 Å². The Hall–Kier alpha value is -2.24. The van der Waals surface area contributed by atoms with Crippen LogP contribution in [0.3, 0.4) is 0 Å². The highest BCUT2D eigenvalue weighted by molar-refractivity contribution is 5.83. The molecule has 6 nitrogen and oxygen atoms in total. The fraction of sp³-hybridized carbons (Fsp3) is 0.467. The molecule has 6 heteroatoms. The first kappa shape index (κ1) is 15.2. The Bertz CT molecular complexity index is 543. The van der Waals surface area contributed by atoms with E-state index in [-0.39, 0.29) is 12.5 Å². The molecule has 1 aliphatic heterocycles. The van der Waals surface area contributed by atoms with E-state index in [9.17, 15) is 14.7 Å². The summed E-state index contributed by atoms with van der Waals surface area (Å²) in [5.41, 5.74) is 0.793. The Labute approximate surface area is 123 Å². The summed E-state index contributed by atoms with van der Waals surface area (Å²) in [6.07, 6.45) is -1.23. The lowest BCUT2D eigenvalue weighted by Gasteiger charge is -2.22. The molecule has 0 saturated carbocycles. The van der Waals surface area contributed by atoms with Crippen LogP contribution >= 0.6 is 0 Å². The molecule has 114 valence electrons. The van der Waals surface area contributed by atoms with Crippen LogP contribution in [0.2, 0.25) is 0 Å². The number of aliphatic carboxylic acids is 1. The number of hydrogen-bond donors (Lipinski definition) is 1. The van der Waals surface area contributed by atoms with Crippen molar-refractivity contribution in [2.45, 2.75) is 32.5 Å². The standard InChI is InChI=1S/C15H19NO5/c1-9(2)13-12(14(17)18)16(15(19)21-13)8-10-5-4-6-11(7-10)20-3/h4-7,9,12-13H,8H2,1-3H3,(H,17,18)/t12-,13+/m1/s1. The van der Waals surface area contributed by atoms with Crippen molar-refractivity contribution in [3.8, 4) is 5.75 Å².